The second kappa shape index (κ2) is 18.3. The molecule has 0 aromatic rings. The Hall–Kier alpha value is -1.05. The number of esters is 1. The molecule has 0 amide bonds. The van der Waals surface area contributed by atoms with Crippen LogP contribution in [0.2, 0.25) is 0 Å². The fraction of sp³-hybridized carbons (Fsp3) is 0.773. The molecule has 0 saturated heterocycles. The maximum atomic E-state index is 11.5. The fourth-order valence-electron chi connectivity index (χ4n) is 2.65. The van der Waals surface area contributed by atoms with Gasteiger partial charge in [-0.1, -0.05) is 83.1 Å². The van der Waals surface area contributed by atoms with Gasteiger partial charge in [0.25, 0.3) is 0 Å². The third-order valence-electron chi connectivity index (χ3n) is 4.29. The molecule has 0 bridgehead atoms. The lowest BCUT2D eigenvalue weighted by atomic mass is 10.1. The summed E-state index contributed by atoms with van der Waals surface area (Å²) < 4.78 is 5.15. The van der Waals surface area contributed by atoms with Gasteiger partial charge in [-0.2, -0.15) is 0 Å². The number of carbonyl (C=O) groups excluding carboxylic acids is 1. The number of hydrogen-bond donors (Lipinski definition) is 0. The van der Waals surface area contributed by atoms with Crippen molar-refractivity contribution >= 4 is 5.97 Å². The number of rotatable bonds is 17. The van der Waals surface area contributed by atoms with Gasteiger partial charge in [0.1, 0.15) is 6.10 Å². The third kappa shape index (κ3) is 17.3. The Labute approximate surface area is 150 Å². The minimum atomic E-state index is -0.166. The Kier molecular flexibility index (Phi) is 17.5. The van der Waals surface area contributed by atoms with Gasteiger partial charge in [0.05, 0.1) is 0 Å². The average molecular weight is 337 g/mol. The molecule has 0 aromatic carbocycles. The van der Waals surface area contributed by atoms with Gasteiger partial charge in [0.15, 0.2) is 0 Å². The number of unbranched alkanes of at least 4 members (excludes halogenated alkanes) is 11. The molecule has 0 aliphatic rings. The largest absolute Gasteiger partial charge is 0.458 e. The molecular weight excluding hydrogens is 296 g/mol. The molecule has 0 rings (SSSR count). The van der Waals surface area contributed by atoms with Crippen LogP contribution in [-0.4, -0.2) is 12.1 Å². The zero-order valence-corrected chi connectivity index (χ0v) is 16.2. The normalized spacial score (nSPS) is 12.4. The first kappa shape index (κ1) is 22.9. The monoisotopic (exact) mass is 336 g/mol. The predicted molar refractivity (Wildman–Crippen MR) is 105 cm³/mol. The van der Waals surface area contributed by atoms with Gasteiger partial charge in [-0.3, -0.25) is 4.79 Å². The van der Waals surface area contributed by atoms with E-state index in [1.54, 1.807) is 6.08 Å². The van der Waals surface area contributed by atoms with Crippen LogP contribution in [0.25, 0.3) is 0 Å². The quantitative estimate of drug-likeness (QED) is 0.160. The summed E-state index contributed by atoms with van der Waals surface area (Å²) in [6, 6.07) is 0. The molecule has 0 N–H and O–H groups in total. The number of carbonyl (C=O) groups is 1. The molecule has 1 unspecified atom stereocenters. The van der Waals surface area contributed by atoms with Gasteiger partial charge < -0.3 is 4.74 Å². The Morgan fingerprint density at radius 2 is 1.38 bits per heavy atom. The van der Waals surface area contributed by atoms with Gasteiger partial charge in [-0.15, -0.1) is 0 Å². The lowest BCUT2D eigenvalue weighted by Crippen LogP contribution is -2.11. The molecule has 0 spiro atoms. The molecular formula is C22H40O2. The van der Waals surface area contributed by atoms with Crippen molar-refractivity contribution in [2.45, 2.75) is 110 Å². The van der Waals surface area contributed by atoms with Gasteiger partial charge >= 0.3 is 5.97 Å². The van der Waals surface area contributed by atoms with Crippen LogP contribution in [0.5, 0.6) is 0 Å². The Balaban J connectivity index is 3.23. The van der Waals surface area contributed by atoms with E-state index in [4.69, 9.17) is 4.74 Å². The molecule has 0 aliphatic heterocycles. The van der Waals surface area contributed by atoms with Crippen LogP contribution in [0.1, 0.15) is 104 Å². The summed E-state index contributed by atoms with van der Waals surface area (Å²) in [7, 11) is 0. The highest BCUT2D eigenvalue weighted by molar-refractivity contribution is 5.69. The summed E-state index contributed by atoms with van der Waals surface area (Å²) in [6.07, 6.45) is 23.3. The van der Waals surface area contributed by atoms with Gasteiger partial charge in [-0.05, 0) is 39.0 Å². The first-order chi connectivity index (χ1) is 11.7. The lowest BCUT2D eigenvalue weighted by molar-refractivity contribution is -0.146. The maximum Gasteiger partial charge on any atom is 0.306 e. The van der Waals surface area contributed by atoms with E-state index in [1.165, 1.54) is 70.6 Å². The van der Waals surface area contributed by atoms with E-state index in [9.17, 15) is 4.79 Å². The van der Waals surface area contributed by atoms with Crippen molar-refractivity contribution < 1.29 is 9.53 Å². The summed E-state index contributed by atoms with van der Waals surface area (Å²) in [6.45, 7) is 7.71. The van der Waals surface area contributed by atoms with Crippen molar-refractivity contribution in [2.75, 3.05) is 0 Å². The van der Waals surface area contributed by atoms with E-state index in [0.717, 1.165) is 12.8 Å². The second-order valence-corrected chi connectivity index (χ2v) is 6.76. The molecule has 0 radical (unpaired) electrons. The van der Waals surface area contributed by atoms with Crippen molar-refractivity contribution in [3.8, 4) is 0 Å². The zero-order chi connectivity index (χ0) is 17.9. The first-order valence-electron chi connectivity index (χ1n) is 10.2. The molecule has 0 heterocycles. The Morgan fingerprint density at radius 3 is 1.92 bits per heavy atom. The second-order valence-electron chi connectivity index (χ2n) is 6.76. The molecule has 0 aromatic heterocycles. The molecule has 2 nitrogen and oxygen atoms in total. The maximum absolute atomic E-state index is 11.5. The molecule has 0 fully saturated rings. The van der Waals surface area contributed by atoms with E-state index < -0.39 is 0 Å². The average Bonchev–Trinajstić information content (AvgIpc) is 2.58. The summed E-state index contributed by atoms with van der Waals surface area (Å²) in [4.78, 5) is 11.5. The van der Waals surface area contributed by atoms with Crippen molar-refractivity contribution in [2.24, 2.45) is 0 Å². The van der Waals surface area contributed by atoms with Crippen LogP contribution in [0.3, 0.4) is 0 Å². The van der Waals surface area contributed by atoms with E-state index in [-0.39, 0.29) is 12.1 Å². The van der Waals surface area contributed by atoms with Crippen LogP contribution in [0, 0.1) is 0 Å². The van der Waals surface area contributed by atoms with Crippen LogP contribution in [-0.2, 0) is 9.53 Å². The number of ether oxygens (including phenoxy) is 1. The summed E-state index contributed by atoms with van der Waals surface area (Å²) in [5.41, 5.74) is 0. The van der Waals surface area contributed by atoms with Crippen LogP contribution in [0.15, 0.2) is 24.8 Å². The molecule has 0 aliphatic carbocycles. The topological polar surface area (TPSA) is 26.3 Å². The van der Waals surface area contributed by atoms with Crippen molar-refractivity contribution in [3.63, 3.8) is 0 Å². The smallest absolute Gasteiger partial charge is 0.306 e. The minimum Gasteiger partial charge on any atom is -0.458 e. The van der Waals surface area contributed by atoms with Crippen LogP contribution >= 0.6 is 0 Å². The van der Waals surface area contributed by atoms with E-state index in [1.807, 2.05) is 6.92 Å². The van der Waals surface area contributed by atoms with Gasteiger partial charge in [0, 0.05) is 6.42 Å². The van der Waals surface area contributed by atoms with Gasteiger partial charge in [0.2, 0.25) is 0 Å². The molecule has 2 heteroatoms. The third-order valence-corrected chi connectivity index (χ3v) is 4.29. The molecule has 140 valence electrons. The number of allylic oxidation sites excluding steroid dienone is 2. The number of hydrogen-bond acceptors (Lipinski definition) is 2. The van der Waals surface area contributed by atoms with E-state index >= 15 is 0 Å². The van der Waals surface area contributed by atoms with Crippen LogP contribution in [0.4, 0.5) is 0 Å². The molecule has 0 saturated carbocycles. The SMILES string of the molecule is C=CC(C)OC(=O)CCCCCCC/C=C\CCCCCCCC. The van der Waals surface area contributed by atoms with Gasteiger partial charge in [-0.25, -0.2) is 0 Å². The van der Waals surface area contributed by atoms with Crippen molar-refractivity contribution in [1.29, 1.82) is 0 Å². The minimum absolute atomic E-state index is 0.0972. The Bertz CT molecular complexity index is 320. The Morgan fingerprint density at radius 1 is 0.875 bits per heavy atom. The molecule has 24 heavy (non-hydrogen) atoms. The highest BCUT2D eigenvalue weighted by Crippen LogP contribution is 2.10. The summed E-state index contributed by atoms with van der Waals surface area (Å²) in [5, 5.41) is 0. The van der Waals surface area contributed by atoms with Crippen molar-refractivity contribution in [3.05, 3.63) is 24.8 Å². The van der Waals surface area contributed by atoms with Crippen molar-refractivity contribution in [1.82, 2.24) is 0 Å². The zero-order valence-electron chi connectivity index (χ0n) is 16.2. The van der Waals surface area contributed by atoms with Crippen LogP contribution < -0.4 is 0 Å². The summed E-state index contributed by atoms with van der Waals surface area (Å²) >= 11 is 0. The van der Waals surface area contributed by atoms with E-state index in [2.05, 4.69) is 25.7 Å². The highest BCUT2D eigenvalue weighted by Gasteiger charge is 2.05. The predicted octanol–water partition coefficient (Wildman–Crippen LogP) is 7.14. The first-order valence-corrected chi connectivity index (χ1v) is 10.2. The highest BCUT2D eigenvalue weighted by atomic mass is 16.5. The molecule has 1 atom stereocenters. The summed E-state index contributed by atoms with van der Waals surface area (Å²) in [5.74, 6) is -0.0972. The van der Waals surface area contributed by atoms with E-state index in [0.29, 0.717) is 6.42 Å². The lowest BCUT2D eigenvalue weighted by Gasteiger charge is -2.08. The standard InChI is InChI=1S/C22H40O2/c1-4-6-7-8-9-10-11-12-13-14-15-16-17-18-19-20-22(23)24-21(3)5-2/h5,12-13,21H,2,4,6-11,14-20H2,1,3H3/b13-12-. The fourth-order valence-corrected chi connectivity index (χ4v) is 2.65.